The number of aliphatic hydroxyl groups is 2. The van der Waals surface area contributed by atoms with Crippen LogP contribution in [0.1, 0.15) is 96.8 Å². The van der Waals surface area contributed by atoms with E-state index in [1.165, 1.54) is 102 Å². The fraction of sp³-hybridized carbons (Fsp3) is 1.00. The van der Waals surface area contributed by atoms with Crippen molar-refractivity contribution >= 4 is 12.0 Å². The Bertz CT molecular complexity index is 215. The van der Waals surface area contributed by atoms with Gasteiger partial charge in [-0.05, 0) is 18.5 Å². The second kappa shape index (κ2) is 20.3. The zero-order valence-electron chi connectivity index (χ0n) is 15.3. The molecule has 0 radical (unpaired) electrons. The summed E-state index contributed by atoms with van der Waals surface area (Å²) in [5.41, 5.74) is 0. The first-order valence-corrected chi connectivity index (χ1v) is 10.8. The van der Waals surface area contributed by atoms with Crippen LogP contribution in [0.2, 0.25) is 0 Å². The van der Waals surface area contributed by atoms with Crippen molar-refractivity contribution in [2.24, 2.45) is 0 Å². The van der Waals surface area contributed by atoms with Gasteiger partial charge in [0, 0.05) is 5.75 Å². The van der Waals surface area contributed by atoms with E-state index in [1.807, 2.05) is 0 Å². The van der Waals surface area contributed by atoms with Crippen LogP contribution in [-0.4, -0.2) is 35.3 Å². The summed E-state index contributed by atoms with van der Waals surface area (Å²) >= 11 is 1.41. The zero-order valence-corrected chi connectivity index (χ0v) is 16.1. The van der Waals surface area contributed by atoms with Gasteiger partial charge >= 0.3 is 0 Å². The molecule has 0 aliphatic carbocycles. The quantitative estimate of drug-likeness (QED) is 0.239. The molecule has 0 aliphatic rings. The summed E-state index contributed by atoms with van der Waals surface area (Å²) < 4.78 is 5.21. The molecule has 4 heteroatoms. The lowest BCUT2D eigenvalue weighted by atomic mass is 10.0. The Kier molecular flexibility index (Phi) is 20.5. The Morgan fingerprint density at radius 3 is 1.61 bits per heavy atom. The molecule has 0 saturated carbocycles. The highest BCUT2D eigenvalue weighted by atomic mass is 32.2. The molecule has 0 aromatic carbocycles. The summed E-state index contributed by atoms with van der Waals surface area (Å²) in [5, 5.41) is 17.7. The van der Waals surface area contributed by atoms with Crippen LogP contribution in [0.3, 0.4) is 0 Å². The molecular weight excluding hydrogens is 308 g/mol. The second-order valence-corrected chi connectivity index (χ2v) is 7.42. The normalized spacial score (nSPS) is 12.7. The van der Waals surface area contributed by atoms with Crippen LogP contribution in [0.15, 0.2) is 0 Å². The number of hydrogen-bond acceptors (Lipinski definition) is 4. The smallest absolute Gasteiger partial charge is 0.102 e. The van der Waals surface area contributed by atoms with Crippen molar-refractivity contribution in [1.82, 2.24) is 0 Å². The minimum atomic E-state index is -0.737. The van der Waals surface area contributed by atoms with Gasteiger partial charge in [-0.3, -0.25) is 0 Å². The molecular formula is C19H40O3S. The SMILES string of the molecule is CCCCCCCCCCCCCCCCSOC[C@@H](O)CO. The topological polar surface area (TPSA) is 49.7 Å². The summed E-state index contributed by atoms with van der Waals surface area (Å²) in [7, 11) is 0. The second-order valence-electron chi connectivity index (χ2n) is 6.54. The minimum absolute atomic E-state index is 0.222. The number of aliphatic hydroxyl groups excluding tert-OH is 2. The van der Waals surface area contributed by atoms with Crippen LogP contribution >= 0.6 is 12.0 Å². The summed E-state index contributed by atoms with van der Waals surface area (Å²) in [6, 6.07) is 0. The van der Waals surface area contributed by atoms with E-state index in [0.29, 0.717) is 0 Å². The van der Waals surface area contributed by atoms with Gasteiger partial charge in [-0.1, -0.05) is 90.4 Å². The Morgan fingerprint density at radius 1 is 0.739 bits per heavy atom. The largest absolute Gasteiger partial charge is 0.394 e. The van der Waals surface area contributed by atoms with Crippen LogP contribution in [0, 0.1) is 0 Å². The fourth-order valence-electron chi connectivity index (χ4n) is 2.59. The molecule has 0 fully saturated rings. The Hall–Kier alpha value is 0.230. The molecule has 0 amide bonds. The molecule has 1 atom stereocenters. The third-order valence-electron chi connectivity index (χ3n) is 4.14. The van der Waals surface area contributed by atoms with Crippen molar-refractivity contribution in [2.75, 3.05) is 19.0 Å². The van der Waals surface area contributed by atoms with E-state index < -0.39 is 6.10 Å². The van der Waals surface area contributed by atoms with E-state index in [1.54, 1.807) is 0 Å². The van der Waals surface area contributed by atoms with E-state index in [-0.39, 0.29) is 13.2 Å². The highest BCUT2D eigenvalue weighted by Crippen LogP contribution is 2.14. The van der Waals surface area contributed by atoms with E-state index in [4.69, 9.17) is 14.4 Å². The minimum Gasteiger partial charge on any atom is -0.394 e. The number of rotatable bonds is 19. The first-order valence-electron chi connectivity index (χ1n) is 9.84. The first-order chi connectivity index (χ1) is 11.3. The first kappa shape index (κ1) is 23.2. The van der Waals surface area contributed by atoms with E-state index in [0.717, 1.165) is 5.75 Å². The zero-order chi connectivity index (χ0) is 17.0. The van der Waals surface area contributed by atoms with Crippen molar-refractivity contribution < 1.29 is 14.4 Å². The third-order valence-corrected chi connectivity index (χ3v) is 4.89. The molecule has 3 nitrogen and oxygen atoms in total. The molecule has 0 unspecified atom stereocenters. The average Bonchev–Trinajstić information content (AvgIpc) is 2.57. The Balaban J connectivity index is 2.97. The fourth-order valence-corrected chi connectivity index (χ4v) is 3.29. The van der Waals surface area contributed by atoms with Crippen molar-refractivity contribution in [2.45, 2.75) is 103 Å². The summed E-state index contributed by atoms with van der Waals surface area (Å²) in [6.45, 7) is 2.27. The number of hydrogen-bond donors (Lipinski definition) is 2. The summed E-state index contributed by atoms with van der Waals surface area (Å²) in [6.07, 6.45) is 18.6. The predicted octanol–water partition coefficient (Wildman–Crippen LogP) is 5.49. The molecule has 0 spiro atoms. The highest BCUT2D eigenvalue weighted by molar-refractivity contribution is 7.94. The molecule has 140 valence electrons. The van der Waals surface area contributed by atoms with Crippen molar-refractivity contribution in [1.29, 1.82) is 0 Å². The van der Waals surface area contributed by atoms with Crippen LogP contribution in [-0.2, 0) is 4.18 Å². The van der Waals surface area contributed by atoms with Gasteiger partial charge in [-0.25, -0.2) is 0 Å². The van der Waals surface area contributed by atoms with Crippen LogP contribution in [0.5, 0.6) is 0 Å². The van der Waals surface area contributed by atoms with Crippen LogP contribution in [0.4, 0.5) is 0 Å². The van der Waals surface area contributed by atoms with Gasteiger partial charge in [-0.2, -0.15) is 0 Å². The van der Waals surface area contributed by atoms with Crippen molar-refractivity contribution in [3.05, 3.63) is 0 Å². The van der Waals surface area contributed by atoms with Gasteiger partial charge in [0.1, 0.15) is 6.10 Å². The standard InChI is InChI=1S/C19H40O3S/c1-2-3-4-5-6-7-8-9-10-11-12-13-14-15-16-23-22-18-19(21)17-20/h19-21H,2-18H2,1H3/t19-/m0/s1. The maximum atomic E-state index is 9.10. The molecule has 23 heavy (non-hydrogen) atoms. The Morgan fingerprint density at radius 2 is 1.17 bits per heavy atom. The van der Waals surface area contributed by atoms with Crippen LogP contribution in [0.25, 0.3) is 0 Å². The van der Waals surface area contributed by atoms with Gasteiger partial charge in [0.2, 0.25) is 0 Å². The van der Waals surface area contributed by atoms with Gasteiger partial charge in [0.25, 0.3) is 0 Å². The molecule has 0 bridgehead atoms. The predicted molar refractivity (Wildman–Crippen MR) is 102 cm³/mol. The molecule has 0 saturated heterocycles. The molecule has 0 heterocycles. The average molecular weight is 349 g/mol. The van der Waals surface area contributed by atoms with E-state index in [9.17, 15) is 0 Å². The maximum absolute atomic E-state index is 9.10. The highest BCUT2D eigenvalue weighted by Gasteiger charge is 2.01. The molecule has 0 rings (SSSR count). The van der Waals surface area contributed by atoms with Gasteiger partial charge in [0.05, 0.1) is 13.2 Å². The van der Waals surface area contributed by atoms with E-state index in [2.05, 4.69) is 6.92 Å². The molecule has 0 aromatic heterocycles. The molecule has 0 aromatic rings. The van der Waals surface area contributed by atoms with Gasteiger partial charge in [0.15, 0.2) is 0 Å². The van der Waals surface area contributed by atoms with E-state index >= 15 is 0 Å². The van der Waals surface area contributed by atoms with Crippen molar-refractivity contribution in [3.8, 4) is 0 Å². The Labute approximate surface area is 148 Å². The summed E-state index contributed by atoms with van der Waals surface area (Å²) in [5.74, 6) is 0.982. The summed E-state index contributed by atoms with van der Waals surface area (Å²) in [4.78, 5) is 0. The monoisotopic (exact) mass is 348 g/mol. The molecule has 2 N–H and O–H groups in total. The molecule has 0 aliphatic heterocycles. The lowest BCUT2D eigenvalue weighted by Gasteiger charge is -2.06. The van der Waals surface area contributed by atoms with Gasteiger partial charge < -0.3 is 14.4 Å². The van der Waals surface area contributed by atoms with Gasteiger partial charge in [-0.15, -0.1) is 0 Å². The van der Waals surface area contributed by atoms with Crippen molar-refractivity contribution in [3.63, 3.8) is 0 Å². The van der Waals surface area contributed by atoms with Crippen LogP contribution < -0.4 is 0 Å². The third kappa shape index (κ3) is 20.2. The number of unbranched alkanes of at least 4 members (excludes halogenated alkanes) is 13. The lowest BCUT2D eigenvalue weighted by molar-refractivity contribution is 0.0603. The lowest BCUT2D eigenvalue weighted by Crippen LogP contribution is -2.17. The maximum Gasteiger partial charge on any atom is 0.102 e.